The predicted octanol–water partition coefficient (Wildman–Crippen LogP) is 12.5. The van der Waals surface area contributed by atoms with Crippen LogP contribution in [0.1, 0.15) is 15.1 Å². The summed E-state index contributed by atoms with van der Waals surface area (Å²) in [5.74, 6) is 1.49. The molecule has 0 bridgehead atoms. The Hall–Kier alpha value is -6.43. The van der Waals surface area contributed by atoms with Crippen LogP contribution in [-0.2, 0) is 0 Å². The Bertz CT molecular complexity index is 3420. The molecule has 0 fully saturated rings. The molecule has 0 saturated heterocycles. The highest BCUT2D eigenvalue weighted by molar-refractivity contribution is 7.26. The van der Waals surface area contributed by atoms with Gasteiger partial charge in [-0.15, -0.1) is 11.3 Å². The smallest absolute Gasteiger partial charge is 0.165 e. The Morgan fingerprint density at radius 3 is 1.94 bits per heavy atom. The fourth-order valence-corrected chi connectivity index (χ4v) is 7.40. The molecule has 50 heavy (non-hydrogen) atoms. The molecular weight excluding hydrogens is 631 g/mol. The zero-order valence-electron chi connectivity index (χ0n) is 36.9. The standard InChI is InChI=1S/C45H27N3OS/c1-4-13-28(14-5-1)36-26-32(27-38-33-19-10-11-22-39(33)49-41(36)38)31-23-24-40-37(25-31)34-20-12-21-35(42(34)50-40)45-47-43(29-15-6-2-7-16-29)46-44(48-45)30-17-8-3-9-18-30/h1-27H/i1D,4D,5D,10D,11D,13D,14D,19D,22D,26D,27D. The summed E-state index contributed by atoms with van der Waals surface area (Å²) in [4.78, 5) is 14.7. The zero-order valence-corrected chi connectivity index (χ0v) is 26.7. The molecule has 0 N–H and O–H groups in total. The summed E-state index contributed by atoms with van der Waals surface area (Å²) in [5, 5.41) is 1.43. The van der Waals surface area contributed by atoms with Crippen molar-refractivity contribution in [1.29, 1.82) is 0 Å². The molecule has 4 nitrogen and oxygen atoms in total. The summed E-state index contributed by atoms with van der Waals surface area (Å²) in [7, 11) is 0. The van der Waals surface area contributed by atoms with E-state index in [-0.39, 0.29) is 50.7 Å². The number of hydrogen-bond donors (Lipinski definition) is 0. The summed E-state index contributed by atoms with van der Waals surface area (Å²) in [5.41, 5.74) is 1.69. The molecule has 0 saturated carbocycles. The third kappa shape index (κ3) is 4.79. The van der Waals surface area contributed by atoms with Gasteiger partial charge in [-0.1, -0.05) is 127 Å². The lowest BCUT2D eigenvalue weighted by Crippen LogP contribution is -2.00. The first-order valence-corrected chi connectivity index (χ1v) is 16.5. The molecular formula is C45H27N3OS. The second-order valence-corrected chi connectivity index (χ2v) is 12.6. The van der Waals surface area contributed by atoms with E-state index in [2.05, 4.69) is 0 Å². The van der Waals surface area contributed by atoms with Crippen LogP contribution in [-0.4, -0.2) is 15.0 Å². The van der Waals surface area contributed by atoms with Gasteiger partial charge in [-0.25, -0.2) is 15.0 Å². The Morgan fingerprint density at radius 2 is 1.18 bits per heavy atom. The van der Waals surface area contributed by atoms with E-state index < -0.39 is 54.4 Å². The molecule has 0 atom stereocenters. The molecule has 0 aliphatic carbocycles. The van der Waals surface area contributed by atoms with Gasteiger partial charge in [-0.05, 0) is 53.0 Å². The van der Waals surface area contributed by atoms with Gasteiger partial charge in [-0.2, -0.15) is 0 Å². The average molecular weight is 669 g/mol. The summed E-state index contributed by atoms with van der Waals surface area (Å²) in [6, 6.07) is 24.6. The zero-order chi connectivity index (χ0) is 42.6. The van der Waals surface area contributed by atoms with Crippen LogP contribution in [0, 0.1) is 0 Å². The lowest BCUT2D eigenvalue weighted by molar-refractivity contribution is 0.670. The Kier molecular flexibility index (Phi) is 4.54. The van der Waals surface area contributed by atoms with E-state index in [9.17, 15) is 2.74 Å². The molecule has 10 rings (SSSR count). The van der Waals surface area contributed by atoms with E-state index in [1.807, 2.05) is 91.0 Å². The molecule has 0 unspecified atom stereocenters. The van der Waals surface area contributed by atoms with Crippen LogP contribution in [0.5, 0.6) is 0 Å². The summed E-state index contributed by atoms with van der Waals surface area (Å²) >= 11 is 1.52. The number of aromatic nitrogens is 3. The van der Waals surface area contributed by atoms with Gasteiger partial charge in [-0.3, -0.25) is 0 Å². The van der Waals surface area contributed by atoms with Gasteiger partial charge in [0.15, 0.2) is 17.5 Å². The van der Waals surface area contributed by atoms with E-state index >= 15 is 0 Å². The topological polar surface area (TPSA) is 51.8 Å². The quantitative estimate of drug-likeness (QED) is 0.183. The van der Waals surface area contributed by atoms with Gasteiger partial charge in [0.1, 0.15) is 11.2 Å². The van der Waals surface area contributed by atoms with Crippen molar-refractivity contribution in [3.63, 3.8) is 0 Å². The molecule has 3 aromatic heterocycles. The van der Waals surface area contributed by atoms with E-state index in [0.29, 0.717) is 23.0 Å². The molecule has 0 amide bonds. The molecule has 0 spiro atoms. The first-order chi connectivity index (χ1) is 29.3. The lowest BCUT2D eigenvalue weighted by Gasteiger charge is -2.09. The summed E-state index contributed by atoms with van der Waals surface area (Å²) in [6.07, 6.45) is 0. The summed E-state index contributed by atoms with van der Waals surface area (Å²) in [6.45, 7) is 0. The monoisotopic (exact) mass is 668 g/mol. The highest BCUT2D eigenvalue weighted by Gasteiger charge is 2.19. The van der Waals surface area contributed by atoms with Gasteiger partial charge in [0, 0.05) is 53.2 Å². The van der Waals surface area contributed by atoms with Crippen LogP contribution in [0.4, 0.5) is 0 Å². The molecule has 7 aromatic carbocycles. The Balaban J connectivity index is 1.25. The lowest BCUT2D eigenvalue weighted by atomic mass is 9.95. The van der Waals surface area contributed by atoms with E-state index in [4.69, 9.17) is 31.7 Å². The third-order valence-electron chi connectivity index (χ3n) is 8.54. The summed E-state index contributed by atoms with van der Waals surface area (Å²) < 4.78 is 104. The molecule has 0 radical (unpaired) electrons. The molecule has 0 aliphatic heterocycles. The van der Waals surface area contributed by atoms with Gasteiger partial charge in [0.05, 0.1) is 15.1 Å². The van der Waals surface area contributed by atoms with Gasteiger partial charge >= 0.3 is 0 Å². The molecule has 0 aliphatic rings. The van der Waals surface area contributed by atoms with Crippen molar-refractivity contribution in [2.24, 2.45) is 0 Å². The van der Waals surface area contributed by atoms with Crippen LogP contribution in [0.3, 0.4) is 0 Å². The van der Waals surface area contributed by atoms with Crippen LogP contribution in [0.25, 0.3) is 98.5 Å². The SMILES string of the molecule is [2H]c1c([2H])c([2H])c(-c2c([2H])c(-c3ccc4sc5c(-c6nc(-c7ccccc7)nc(-c7ccccc7)n6)cccc5c4c3)c([2H])c3c2oc2c([2H])c([2H])c([2H])c([2H])c23)c([2H])c1[2H]. The maximum Gasteiger partial charge on any atom is 0.165 e. The Labute approximate surface area is 307 Å². The normalized spacial score (nSPS) is 14.7. The molecule has 234 valence electrons. The number of rotatable bonds is 5. The third-order valence-corrected chi connectivity index (χ3v) is 9.76. The van der Waals surface area contributed by atoms with Crippen molar-refractivity contribution in [2.45, 2.75) is 0 Å². The minimum Gasteiger partial charge on any atom is -0.455 e. The number of hydrogen-bond acceptors (Lipinski definition) is 5. The number of para-hydroxylation sites is 1. The second kappa shape index (κ2) is 11.6. The van der Waals surface area contributed by atoms with Gasteiger partial charge in [0.2, 0.25) is 0 Å². The fourth-order valence-electron chi connectivity index (χ4n) is 6.21. The van der Waals surface area contributed by atoms with Gasteiger partial charge < -0.3 is 4.42 Å². The first-order valence-electron chi connectivity index (χ1n) is 21.2. The fraction of sp³-hybridized carbons (Fsp3) is 0. The molecule has 5 heteroatoms. The number of thiophene rings is 1. The predicted molar refractivity (Wildman–Crippen MR) is 207 cm³/mol. The molecule has 3 heterocycles. The average Bonchev–Trinajstić information content (AvgIpc) is 3.87. The van der Waals surface area contributed by atoms with Crippen LogP contribution in [0.15, 0.2) is 168 Å². The Morgan fingerprint density at radius 1 is 0.480 bits per heavy atom. The van der Waals surface area contributed by atoms with Crippen molar-refractivity contribution in [3.8, 4) is 56.4 Å². The number of nitrogens with zero attached hydrogens (tertiary/aromatic N) is 3. The largest absolute Gasteiger partial charge is 0.455 e. The van der Waals surface area contributed by atoms with Gasteiger partial charge in [0.25, 0.3) is 0 Å². The van der Waals surface area contributed by atoms with Crippen LogP contribution < -0.4 is 0 Å². The van der Waals surface area contributed by atoms with Crippen molar-refractivity contribution in [2.75, 3.05) is 0 Å². The minimum absolute atomic E-state index is 0.0132. The van der Waals surface area contributed by atoms with E-state index in [1.54, 1.807) is 6.07 Å². The van der Waals surface area contributed by atoms with Crippen molar-refractivity contribution < 1.29 is 19.5 Å². The highest BCUT2D eigenvalue weighted by atomic mass is 32.1. The van der Waals surface area contributed by atoms with E-state index in [0.717, 1.165) is 36.9 Å². The van der Waals surface area contributed by atoms with Crippen LogP contribution in [0.2, 0.25) is 0 Å². The molecule has 10 aromatic rings. The minimum atomic E-state index is -0.646. The van der Waals surface area contributed by atoms with Crippen molar-refractivity contribution >= 4 is 53.4 Å². The second-order valence-electron chi connectivity index (χ2n) is 11.5. The highest BCUT2D eigenvalue weighted by Crippen LogP contribution is 2.43. The maximum atomic E-state index is 9.66. The van der Waals surface area contributed by atoms with Crippen molar-refractivity contribution in [1.82, 2.24) is 15.0 Å². The van der Waals surface area contributed by atoms with Crippen molar-refractivity contribution in [3.05, 3.63) is 164 Å². The number of fused-ring (bicyclic) bond motifs is 6. The van der Waals surface area contributed by atoms with E-state index in [1.165, 1.54) is 11.3 Å². The maximum absolute atomic E-state index is 9.66. The first kappa shape index (κ1) is 19.5. The number of furan rings is 1. The number of benzene rings is 7. The van der Waals surface area contributed by atoms with Crippen LogP contribution >= 0.6 is 11.3 Å².